The van der Waals surface area contributed by atoms with Crippen LogP contribution in [0.3, 0.4) is 0 Å². The van der Waals surface area contributed by atoms with Crippen molar-refractivity contribution in [3.8, 4) is 33.9 Å². The van der Waals surface area contributed by atoms with Gasteiger partial charge < -0.3 is 9.97 Å². The summed E-state index contributed by atoms with van der Waals surface area (Å²) < 4.78 is 0. The van der Waals surface area contributed by atoms with Crippen LogP contribution < -0.4 is 0 Å². The molecule has 24 heavy (non-hydrogen) atoms. The van der Waals surface area contributed by atoms with Gasteiger partial charge in [0.15, 0.2) is 0 Å². The molecule has 6 rings (SSSR count). The molecule has 112 valence electrons. The predicted octanol–water partition coefficient (Wildman–Crippen LogP) is 4.75. The number of nitrogens with zero attached hydrogens (tertiary/aromatic N) is 2. The van der Waals surface area contributed by atoms with Gasteiger partial charge in [0.2, 0.25) is 0 Å². The number of hydrogen-bond donors (Lipinski definition) is 2. The van der Waals surface area contributed by atoms with E-state index < -0.39 is 0 Å². The molecule has 6 bridgehead atoms. The fraction of sp³-hybridized carbons (Fsp3) is 0. The van der Waals surface area contributed by atoms with Crippen molar-refractivity contribution in [2.45, 2.75) is 0 Å². The van der Waals surface area contributed by atoms with Crippen molar-refractivity contribution in [2.75, 3.05) is 0 Å². The van der Waals surface area contributed by atoms with Gasteiger partial charge in [-0.05, 0) is 35.4 Å². The largest absolute Gasteiger partial charge is 0.338 e. The van der Waals surface area contributed by atoms with E-state index in [2.05, 4.69) is 58.5 Å². The zero-order valence-electron chi connectivity index (χ0n) is 12.7. The topological polar surface area (TPSA) is 57.4 Å². The molecular formula is C20H12N4. The quantitative estimate of drug-likeness (QED) is 0.425. The Labute approximate surface area is 137 Å². The van der Waals surface area contributed by atoms with Gasteiger partial charge >= 0.3 is 0 Å². The van der Waals surface area contributed by atoms with Crippen molar-refractivity contribution in [1.29, 1.82) is 0 Å². The van der Waals surface area contributed by atoms with Gasteiger partial charge in [0, 0.05) is 11.1 Å². The summed E-state index contributed by atoms with van der Waals surface area (Å²) in [5, 5.41) is 0. The molecule has 5 aromatic rings. The molecule has 2 N–H and O–H groups in total. The summed E-state index contributed by atoms with van der Waals surface area (Å²) in [7, 11) is 0. The van der Waals surface area contributed by atoms with Crippen molar-refractivity contribution in [3.63, 3.8) is 0 Å². The van der Waals surface area contributed by atoms with Gasteiger partial charge in [0.25, 0.3) is 0 Å². The maximum Gasteiger partial charge on any atom is 0.139 e. The molecule has 1 aliphatic rings. The first-order valence-corrected chi connectivity index (χ1v) is 7.95. The molecule has 0 fully saturated rings. The second-order valence-corrected chi connectivity index (χ2v) is 6.18. The molecular weight excluding hydrogens is 296 g/mol. The van der Waals surface area contributed by atoms with Crippen LogP contribution >= 0.6 is 0 Å². The van der Waals surface area contributed by atoms with Crippen LogP contribution in [-0.4, -0.2) is 19.9 Å². The number of fused-ring (bicyclic) bond motifs is 8. The highest BCUT2D eigenvalue weighted by molar-refractivity contribution is 5.91. The average molecular weight is 308 g/mol. The lowest BCUT2D eigenvalue weighted by Gasteiger charge is -2.04. The van der Waals surface area contributed by atoms with Crippen LogP contribution in [0.4, 0.5) is 0 Å². The highest BCUT2D eigenvalue weighted by atomic mass is 14.9. The van der Waals surface area contributed by atoms with Gasteiger partial charge in [-0.1, -0.05) is 36.4 Å². The molecule has 4 heteroatoms. The van der Waals surface area contributed by atoms with Crippen LogP contribution in [0, 0.1) is 0 Å². The maximum absolute atomic E-state index is 4.82. The maximum atomic E-state index is 4.82. The summed E-state index contributed by atoms with van der Waals surface area (Å²) in [6, 6.07) is 20.9. The van der Waals surface area contributed by atoms with Crippen LogP contribution in [-0.2, 0) is 0 Å². The Balaban J connectivity index is 1.86. The molecule has 0 atom stereocenters. The lowest BCUT2D eigenvalue weighted by molar-refractivity contribution is 1.30. The van der Waals surface area contributed by atoms with Crippen molar-refractivity contribution in [2.24, 2.45) is 0 Å². The lowest BCUT2D eigenvalue weighted by atomic mass is 10.0. The number of rotatable bonds is 0. The average Bonchev–Trinajstić information content (AvgIpc) is 3.23. The Morgan fingerprint density at radius 1 is 0.583 bits per heavy atom. The summed E-state index contributed by atoms with van der Waals surface area (Å²) in [4.78, 5) is 16.5. The van der Waals surface area contributed by atoms with E-state index in [0.717, 1.165) is 56.0 Å². The smallest absolute Gasteiger partial charge is 0.139 e. The minimum atomic E-state index is 0.871. The first-order chi connectivity index (χ1) is 11.8. The summed E-state index contributed by atoms with van der Waals surface area (Å²) in [6.07, 6.45) is 0. The number of aromatic nitrogens is 4. The molecule has 2 aromatic heterocycles. The van der Waals surface area contributed by atoms with E-state index in [9.17, 15) is 0 Å². The van der Waals surface area contributed by atoms with Crippen LogP contribution in [0.5, 0.6) is 0 Å². The van der Waals surface area contributed by atoms with Gasteiger partial charge in [0.1, 0.15) is 11.6 Å². The van der Waals surface area contributed by atoms with E-state index in [-0.39, 0.29) is 0 Å². The predicted molar refractivity (Wildman–Crippen MR) is 95.6 cm³/mol. The molecule has 4 nitrogen and oxygen atoms in total. The second-order valence-electron chi connectivity index (χ2n) is 6.18. The Kier molecular flexibility index (Phi) is 2.07. The molecule has 0 radical (unpaired) electrons. The Morgan fingerprint density at radius 2 is 1.08 bits per heavy atom. The first-order valence-electron chi connectivity index (χ1n) is 7.95. The Hall–Kier alpha value is -3.40. The van der Waals surface area contributed by atoms with E-state index >= 15 is 0 Å². The van der Waals surface area contributed by atoms with Crippen LogP contribution in [0.1, 0.15) is 0 Å². The minimum Gasteiger partial charge on any atom is -0.338 e. The number of H-pyrrole nitrogens is 2. The number of hydrogen-bond acceptors (Lipinski definition) is 2. The Bertz CT molecular complexity index is 1160. The highest BCUT2D eigenvalue weighted by Crippen LogP contribution is 2.34. The zero-order valence-corrected chi connectivity index (χ0v) is 12.7. The second kappa shape index (κ2) is 4.11. The number of imidazole rings is 2. The van der Waals surface area contributed by atoms with E-state index in [1.54, 1.807) is 0 Å². The van der Waals surface area contributed by atoms with Crippen molar-refractivity contribution < 1.29 is 0 Å². The zero-order chi connectivity index (χ0) is 15.7. The first kappa shape index (κ1) is 12.1. The number of benzene rings is 3. The van der Waals surface area contributed by atoms with Gasteiger partial charge in [-0.15, -0.1) is 0 Å². The van der Waals surface area contributed by atoms with Crippen molar-refractivity contribution >= 4 is 22.1 Å². The van der Waals surface area contributed by atoms with Gasteiger partial charge in [-0.2, -0.15) is 0 Å². The summed E-state index contributed by atoms with van der Waals surface area (Å²) in [5.74, 6) is 1.74. The van der Waals surface area contributed by atoms with Crippen molar-refractivity contribution in [3.05, 3.63) is 60.7 Å². The lowest BCUT2D eigenvalue weighted by Crippen LogP contribution is -1.88. The normalized spacial score (nSPS) is 12.2. The molecule has 0 amide bonds. The SMILES string of the molecule is c1ccc2c(c1)-c1nc3cc(ccc3[nH]1)-c1ccc3[nH]c-2nc3c1. The fourth-order valence-electron chi connectivity index (χ4n) is 3.52. The third-order valence-electron chi connectivity index (χ3n) is 4.74. The van der Waals surface area contributed by atoms with E-state index in [1.165, 1.54) is 0 Å². The highest BCUT2D eigenvalue weighted by Gasteiger charge is 2.16. The van der Waals surface area contributed by atoms with Gasteiger partial charge in [-0.3, -0.25) is 0 Å². The molecule has 1 aliphatic heterocycles. The van der Waals surface area contributed by atoms with Crippen LogP contribution in [0.25, 0.3) is 56.0 Å². The minimum absolute atomic E-state index is 0.871. The van der Waals surface area contributed by atoms with E-state index in [4.69, 9.17) is 9.97 Å². The number of nitrogens with one attached hydrogen (secondary N) is 2. The molecule has 0 saturated carbocycles. The van der Waals surface area contributed by atoms with E-state index in [1.807, 2.05) is 12.1 Å². The fourth-order valence-corrected chi connectivity index (χ4v) is 3.52. The summed E-state index contributed by atoms with van der Waals surface area (Å²) in [5.41, 5.74) is 8.46. The molecule has 0 aliphatic carbocycles. The summed E-state index contributed by atoms with van der Waals surface area (Å²) in [6.45, 7) is 0. The molecule has 0 unspecified atom stereocenters. The van der Waals surface area contributed by atoms with Gasteiger partial charge in [0.05, 0.1) is 22.1 Å². The monoisotopic (exact) mass is 308 g/mol. The molecule has 0 spiro atoms. The third-order valence-corrected chi connectivity index (χ3v) is 4.74. The van der Waals surface area contributed by atoms with Crippen molar-refractivity contribution in [1.82, 2.24) is 19.9 Å². The molecule has 3 aromatic carbocycles. The van der Waals surface area contributed by atoms with Gasteiger partial charge in [-0.25, -0.2) is 9.97 Å². The Morgan fingerprint density at radius 3 is 1.58 bits per heavy atom. The van der Waals surface area contributed by atoms with E-state index in [0.29, 0.717) is 0 Å². The summed E-state index contributed by atoms with van der Waals surface area (Å²) >= 11 is 0. The number of aromatic amines is 2. The van der Waals surface area contributed by atoms with Crippen LogP contribution in [0.15, 0.2) is 60.7 Å². The van der Waals surface area contributed by atoms with Crippen LogP contribution in [0.2, 0.25) is 0 Å². The molecule has 0 saturated heterocycles. The molecule has 3 heterocycles. The third kappa shape index (κ3) is 1.52. The standard InChI is InChI=1S/C20H12N4/c1-2-4-14-13(3-1)19-21-15-7-5-11(9-17(15)23-19)12-6-8-16-18(10-12)24-20(14)22-16/h1-10H,(H,21,23)(H,22,24).